The summed E-state index contributed by atoms with van der Waals surface area (Å²) in [6.07, 6.45) is 5.64. The van der Waals surface area contributed by atoms with Gasteiger partial charge in [-0.15, -0.1) is 0 Å². The predicted octanol–water partition coefficient (Wildman–Crippen LogP) is 1.01. The summed E-state index contributed by atoms with van der Waals surface area (Å²) < 4.78 is 1.94. The van der Waals surface area contributed by atoms with Crippen LogP contribution >= 0.6 is 0 Å². The Bertz CT molecular complexity index is 443. The largest absolute Gasteiger partial charge is 0.348 e. The first-order valence-electron chi connectivity index (χ1n) is 5.44. The summed E-state index contributed by atoms with van der Waals surface area (Å²) >= 11 is 0. The first kappa shape index (κ1) is 10.9. The van der Waals surface area contributed by atoms with Crippen molar-refractivity contribution in [1.29, 1.82) is 0 Å². The highest BCUT2D eigenvalue weighted by Gasteiger charge is 1.99. The predicted molar refractivity (Wildman–Crippen MR) is 62.0 cm³/mol. The molecule has 5 heteroatoms. The van der Waals surface area contributed by atoms with E-state index in [4.69, 9.17) is 0 Å². The third-order valence-electron chi connectivity index (χ3n) is 2.51. The molecule has 86 valence electrons. The summed E-state index contributed by atoms with van der Waals surface area (Å²) in [5.41, 5.74) is 3.40. The molecule has 16 heavy (non-hydrogen) atoms. The fourth-order valence-corrected chi connectivity index (χ4v) is 1.56. The van der Waals surface area contributed by atoms with Crippen molar-refractivity contribution in [3.63, 3.8) is 0 Å². The Labute approximate surface area is 94.9 Å². The first-order valence-corrected chi connectivity index (χ1v) is 5.44. The Morgan fingerprint density at radius 1 is 1.44 bits per heavy atom. The summed E-state index contributed by atoms with van der Waals surface area (Å²) in [7, 11) is 0. The van der Waals surface area contributed by atoms with Gasteiger partial charge >= 0.3 is 0 Å². The maximum absolute atomic E-state index is 4.22. The topological polar surface area (TPSA) is 58.5 Å². The Hall–Kier alpha value is -1.62. The minimum atomic E-state index is 0.801. The van der Waals surface area contributed by atoms with Gasteiger partial charge in [0.15, 0.2) is 0 Å². The van der Waals surface area contributed by atoms with Gasteiger partial charge in [0, 0.05) is 25.0 Å². The van der Waals surface area contributed by atoms with Crippen LogP contribution in [0.2, 0.25) is 0 Å². The highest BCUT2D eigenvalue weighted by Crippen LogP contribution is 1.99. The number of aromatic amines is 1. The van der Waals surface area contributed by atoms with Gasteiger partial charge in [-0.05, 0) is 19.4 Å². The molecule has 2 aromatic rings. The Morgan fingerprint density at radius 3 is 2.94 bits per heavy atom. The lowest BCUT2D eigenvalue weighted by molar-refractivity contribution is 0.551. The van der Waals surface area contributed by atoms with Crippen LogP contribution in [0.1, 0.15) is 17.0 Å². The molecular weight excluding hydrogens is 202 g/mol. The van der Waals surface area contributed by atoms with E-state index in [1.54, 1.807) is 6.33 Å². The smallest absolute Gasteiger partial charge is 0.0925 e. The summed E-state index contributed by atoms with van der Waals surface area (Å²) in [6.45, 7) is 6.66. The molecular formula is C11H17N5. The van der Waals surface area contributed by atoms with Crippen molar-refractivity contribution in [2.24, 2.45) is 0 Å². The van der Waals surface area contributed by atoms with Crippen LogP contribution < -0.4 is 5.32 Å². The molecule has 0 bridgehead atoms. The van der Waals surface area contributed by atoms with Crippen LogP contribution in [0, 0.1) is 13.8 Å². The standard InChI is InChI=1S/C11H17N5/c1-9-5-15-16(7-9)4-3-12-6-11-10(2)13-8-14-11/h5,7-8,12H,3-4,6H2,1-2H3,(H,13,14). The third-order valence-corrected chi connectivity index (χ3v) is 2.51. The second-order valence-corrected chi connectivity index (χ2v) is 3.93. The normalized spacial score (nSPS) is 10.9. The number of rotatable bonds is 5. The van der Waals surface area contributed by atoms with Crippen LogP contribution in [0.25, 0.3) is 0 Å². The molecule has 0 aliphatic rings. The average molecular weight is 219 g/mol. The van der Waals surface area contributed by atoms with Gasteiger partial charge in [0.25, 0.3) is 0 Å². The maximum atomic E-state index is 4.22. The molecule has 2 N–H and O–H groups in total. The molecule has 0 aromatic carbocycles. The summed E-state index contributed by atoms with van der Waals surface area (Å²) in [5, 5.41) is 7.57. The number of imidazole rings is 1. The average Bonchev–Trinajstić information content (AvgIpc) is 2.83. The van der Waals surface area contributed by atoms with Gasteiger partial charge in [-0.25, -0.2) is 4.98 Å². The van der Waals surface area contributed by atoms with Gasteiger partial charge in [0.05, 0.1) is 24.8 Å². The minimum absolute atomic E-state index is 0.801. The van der Waals surface area contributed by atoms with E-state index >= 15 is 0 Å². The number of nitrogens with one attached hydrogen (secondary N) is 2. The molecule has 0 saturated carbocycles. The first-order chi connectivity index (χ1) is 7.75. The van der Waals surface area contributed by atoms with Crippen LogP contribution in [0.5, 0.6) is 0 Å². The molecule has 0 spiro atoms. The Kier molecular flexibility index (Phi) is 3.36. The van der Waals surface area contributed by atoms with Crippen molar-refractivity contribution in [3.05, 3.63) is 35.7 Å². The molecule has 0 atom stereocenters. The van der Waals surface area contributed by atoms with E-state index in [0.29, 0.717) is 0 Å². The quantitative estimate of drug-likeness (QED) is 0.738. The molecule has 0 unspecified atom stereocenters. The van der Waals surface area contributed by atoms with Crippen molar-refractivity contribution in [3.8, 4) is 0 Å². The Balaban J connectivity index is 1.71. The van der Waals surface area contributed by atoms with Crippen molar-refractivity contribution >= 4 is 0 Å². The van der Waals surface area contributed by atoms with Gasteiger partial charge in [0.1, 0.15) is 0 Å². The summed E-state index contributed by atoms with van der Waals surface area (Å²) in [5.74, 6) is 0. The van der Waals surface area contributed by atoms with Gasteiger partial charge in [-0.1, -0.05) is 0 Å². The molecule has 5 nitrogen and oxygen atoms in total. The van der Waals surface area contributed by atoms with E-state index in [9.17, 15) is 0 Å². The summed E-state index contributed by atoms with van der Waals surface area (Å²) in [4.78, 5) is 7.29. The monoisotopic (exact) mass is 219 g/mol. The fourth-order valence-electron chi connectivity index (χ4n) is 1.56. The van der Waals surface area contributed by atoms with E-state index in [-0.39, 0.29) is 0 Å². The van der Waals surface area contributed by atoms with Gasteiger partial charge in [-0.3, -0.25) is 4.68 Å². The molecule has 0 amide bonds. The summed E-state index contributed by atoms with van der Waals surface area (Å²) in [6, 6.07) is 0. The van der Waals surface area contributed by atoms with Crippen molar-refractivity contribution < 1.29 is 0 Å². The van der Waals surface area contributed by atoms with Crippen LogP contribution in [0.15, 0.2) is 18.7 Å². The van der Waals surface area contributed by atoms with Crippen molar-refractivity contribution in [2.75, 3.05) is 6.54 Å². The molecule has 0 aliphatic heterocycles. The number of hydrogen-bond donors (Lipinski definition) is 2. The number of aromatic nitrogens is 4. The number of H-pyrrole nitrogens is 1. The molecule has 2 heterocycles. The molecule has 2 rings (SSSR count). The zero-order chi connectivity index (χ0) is 11.4. The lowest BCUT2D eigenvalue weighted by Gasteiger charge is -2.03. The second kappa shape index (κ2) is 4.94. The van der Waals surface area contributed by atoms with Crippen LogP contribution in [0.3, 0.4) is 0 Å². The third kappa shape index (κ3) is 2.70. The van der Waals surface area contributed by atoms with Crippen LogP contribution in [0.4, 0.5) is 0 Å². The van der Waals surface area contributed by atoms with Gasteiger partial charge in [-0.2, -0.15) is 5.10 Å². The van der Waals surface area contributed by atoms with Crippen LogP contribution in [-0.2, 0) is 13.1 Å². The van der Waals surface area contributed by atoms with E-state index < -0.39 is 0 Å². The number of nitrogens with zero attached hydrogens (tertiary/aromatic N) is 3. The van der Waals surface area contributed by atoms with Gasteiger partial charge < -0.3 is 10.3 Å². The second-order valence-electron chi connectivity index (χ2n) is 3.93. The SMILES string of the molecule is Cc1cnn(CCNCc2nc[nH]c2C)c1. The number of aryl methyl sites for hydroxylation is 2. The zero-order valence-corrected chi connectivity index (χ0v) is 9.70. The molecule has 0 fully saturated rings. The highest BCUT2D eigenvalue weighted by molar-refractivity contribution is 5.07. The highest BCUT2D eigenvalue weighted by atomic mass is 15.3. The van der Waals surface area contributed by atoms with E-state index in [0.717, 1.165) is 31.0 Å². The van der Waals surface area contributed by atoms with Crippen molar-refractivity contribution in [1.82, 2.24) is 25.1 Å². The molecule has 0 aliphatic carbocycles. The minimum Gasteiger partial charge on any atom is -0.348 e. The van der Waals surface area contributed by atoms with E-state index in [2.05, 4.69) is 20.4 Å². The van der Waals surface area contributed by atoms with Crippen molar-refractivity contribution in [2.45, 2.75) is 26.9 Å². The van der Waals surface area contributed by atoms with Crippen LogP contribution in [-0.4, -0.2) is 26.3 Å². The lowest BCUT2D eigenvalue weighted by atomic mass is 10.3. The molecule has 2 aromatic heterocycles. The molecule has 0 saturated heterocycles. The van der Waals surface area contributed by atoms with Gasteiger partial charge in [0.2, 0.25) is 0 Å². The lowest BCUT2D eigenvalue weighted by Crippen LogP contribution is -2.20. The zero-order valence-electron chi connectivity index (χ0n) is 9.70. The Morgan fingerprint density at radius 2 is 2.31 bits per heavy atom. The fraction of sp³-hybridized carbons (Fsp3) is 0.455. The number of hydrogen-bond acceptors (Lipinski definition) is 3. The maximum Gasteiger partial charge on any atom is 0.0925 e. The molecule has 0 radical (unpaired) electrons. The van der Waals surface area contributed by atoms with E-state index in [1.807, 2.05) is 30.9 Å². The van der Waals surface area contributed by atoms with E-state index in [1.165, 1.54) is 5.56 Å².